The Morgan fingerprint density at radius 3 is 2.48 bits per heavy atom. The van der Waals surface area contributed by atoms with Gasteiger partial charge in [-0.3, -0.25) is 4.79 Å². The number of benzene rings is 1. The number of hydrogen-bond donors (Lipinski definition) is 1. The van der Waals surface area contributed by atoms with Crippen LogP contribution in [0.15, 0.2) is 24.3 Å². The number of amides is 2. The molecule has 1 rings (SSSR count). The maximum atomic E-state index is 12.2. The summed E-state index contributed by atoms with van der Waals surface area (Å²) in [6.45, 7) is 9.65. The molecule has 5 nitrogen and oxygen atoms in total. The van der Waals surface area contributed by atoms with Crippen LogP contribution in [0.3, 0.4) is 0 Å². The zero-order chi connectivity index (χ0) is 16.0. The zero-order valence-electron chi connectivity index (χ0n) is 13.4. The number of anilines is 1. The van der Waals surface area contributed by atoms with Crippen LogP contribution >= 0.6 is 0 Å². The van der Waals surface area contributed by atoms with Gasteiger partial charge in [0, 0.05) is 12.2 Å². The summed E-state index contributed by atoms with van der Waals surface area (Å²) >= 11 is 0. The molecule has 1 aromatic rings. The lowest BCUT2D eigenvalue weighted by atomic mass is 10.2. The molecule has 2 amide bonds. The van der Waals surface area contributed by atoms with E-state index in [9.17, 15) is 9.59 Å². The first-order chi connectivity index (χ1) is 9.73. The van der Waals surface area contributed by atoms with Crippen LogP contribution in [-0.4, -0.2) is 30.7 Å². The van der Waals surface area contributed by atoms with E-state index in [2.05, 4.69) is 5.32 Å². The molecule has 1 N–H and O–H groups in total. The summed E-state index contributed by atoms with van der Waals surface area (Å²) in [7, 11) is 0. The van der Waals surface area contributed by atoms with Gasteiger partial charge in [0.05, 0.1) is 0 Å². The van der Waals surface area contributed by atoms with Crippen molar-refractivity contribution in [1.29, 1.82) is 0 Å². The average molecular weight is 292 g/mol. The van der Waals surface area contributed by atoms with Crippen molar-refractivity contribution in [1.82, 2.24) is 5.32 Å². The highest BCUT2D eigenvalue weighted by molar-refractivity contribution is 5.96. The molecule has 0 aliphatic rings. The number of ether oxygens (including phenoxy) is 1. The van der Waals surface area contributed by atoms with Crippen LogP contribution < -0.4 is 10.2 Å². The summed E-state index contributed by atoms with van der Waals surface area (Å²) in [4.78, 5) is 25.4. The van der Waals surface area contributed by atoms with Gasteiger partial charge in [-0.15, -0.1) is 0 Å². The fourth-order valence-corrected chi connectivity index (χ4v) is 1.86. The Balaban J connectivity index is 2.62. The largest absolute Gasteiger partial charge is 0.444 e. The van der Waals surface area contributed by atoms with Crippen LogP contribution in [0.4, 0.5) is 10.5 Å². The van der Waals surface area contributed by atoms with Crippen molar-refractivity contribution < 1.29 is 14.3 Å². The fourth-order valence-electron chi connectivity index (χ4n) is 1.86. The van der Waals surface area contributed by atoms with Crippen LogP contribution in [-0.2, 0) is 9.53 Å². The Morgan fingerprint density at radius 1 is 1.29 bits per heavy atom. The van der Waals surface area contributed by atoms with Crippen molar-refractivity contribution in [3.8, 4) is 0 Å². The van der Waals surface area contributed by atoms with Crippen molar-refractivity contribution in [2.75, 3.05) is 18.0 Å². The normalized spacial score (nSPS) is 10.9. The second-order valence-corrected chi connectivity index (χ2v) is 5.83. The number of aryl methyl sites for hydroxylation is 1. The van der Waals surface area contributed by atoms with Gasteiger partial charge in [0.15, 0.2) is 0 Å². The second kappa shape index (κ2) is 7.11. The summed E-state index contributed by atoms with van der Waals surface area (Å²) in [5.74, 6) is -0.172. The molecule has 0 heterocycles. The molecule has 1 aromatic carbocycles. The lowest BCUT2D eigenvalue weighted by Crippen LogP contribution is -2.42. The Labute approximate surface area is 126 Å². The smallest absolute Gasteiger partial charge is 0.408 e. The van der Waals surface area contributed by atoms with E-state index in [-0.39, 0.29) is 12.5 Å². The van der Waals surface area contributed by atoms with E-state index in [0.29, 0.717) is 6.54 Å². The molecule has 0 radical (unpaired) electrons. The van der Waals surface area contributed by atoms with Crippen LogP contribution in [0.25, 0.3) is 0 Å². The van der Waals surface area contributed by atoms with Crippen LogP contribution in [0.2, 0.25) is 0 Å². The van der Waals surface area contributed by atoms with Crippen molar-refractivity contribution >= 4 is 17.7 Å². The van der Waals surface area contributed by atoms with Crippen molar-refractivity contribution in [2.45, 2.75) is 40.2 Å². The number of likely N-dealkylation sites (N-methyl/N-ethyl adjacent to an activating group) is 1. The molecule has 0 atom stereocenters. The van der Waals surface area contributed by atoms with Gasteiger partial charge < -0.3 is 15.0 Å². The summed E-state index contributed by atoms with van der Waals surface area (Å²) in [5.41, 5.74) is 1.33. The average Bonchev–Trinajstić information content (AvgIpc) is 2.35. The van der Waals surface area contributed by atoms with E-state index in [0.717, 1.165) is 11.3 Å². The molecule has 21 heavy (non-hydrogen) atoms. The van der Waals surface area contributed by atoms with Crippen LogP contribution in [0.5, 0.6) is 0 Å². The third-order valence-corrected chi connectivity index (χ3v) is 2.71. The van der Waals surface area contributed by atoms with E-state index in [4.69, 9.17) is 4.74 Å². The lowest BCUT2D eigenvalue weighted by Gasteiger charge is -2.23. The fraction of sp³-hybridized carbons (Fsp3) is 0.500. The van der Waals surface area contributed by atoms with Crippen LogP contribution in [0, 0.1) is 6.92 Å². The molecule has 116 valence electrons. The summed E-state index contributed by atoms with van der Waals surface area (Å²) in [5, 5.41) is 2.49. The third kappa shape index (κ3) is 5.85. The highest BCUT2D eigenvalue weighted by atomic mass is 16.6. The highest BCUT2D eigenvalue weighted by Crippen LogP contribution is 2.15. The number of rotatable bonds is 4. The van der Waals surface area contributed by atoms with Gasteiger partial charge in [-0.05, 0) is 52.3 Å². The van der Waals surface area contributed by atoms with Crippen molar-refractivity contribution in [2.24, 2.45) is 0 Å². The molecule has 0 aliphatic carbocycles. The van der Waals surface area contributed by atoms with Gasteiger partial charge in [0.25, 0.3) is 0 Å². The molecule has 0 spiro atoms. The topological polar surface area (TPSA) is 58.6 Å². The number of carbonyl (C=O) groups excluding carboxylic acids is 2. The van der Waals surface area contributed by atoms with Gasteiger partial charge in [-0.25, -0.2) is 4.79 Å². The van der Waals surface area contributed by atoms with Gasteiger partial charge in [-0.1, -0.05) is 12.1 Å². The highest BCUT2D eigenvalue weighted by Gasteiger charge is 2.19. The molecule has 0 saturated carbocycles. The molecule has 0 aromatic heterocycles. The predicted octanol–water partition coefficient (Wildman–Crippen LogP) is 2.87. The zero-order valence-corrected chi connectivity index (χ0v) is 13.4. The second-order valence-electron chi connectivity index (χ2n) is 5.83. The van der Waals surface area contributed by atoms with E-state index >= 15 is 0 Å². The minimum atomic E-state index is -0.587. The van der Waals surface area contributed by atoms with Crippen molar-refractivity contribution in [3.05, 3.63) is 29.8 Å². The Bertz CT molecular complexity index is 506. The molecular weight excluding hydrogens is 268 g/mol. The molecular formula is C16H24N2O3. The SMILES string of the molecule is CCN(C(=O)CNC(=O)OC(C)(C)C)c1cccc(C)c1. The van der Waals surface area contributed by atoms with E-state index in [1.807, 2.05) is 38.1 Å². The number of hydrogen-bond acceptors (Lipinski definition) is 3. The summed E-state index contributed by atoms with van der Waals surface area (Å²) in [6.07, 6.45) is -0.587. The van der Waals surface area contributed by atoms with Crippen LogP contribution in [0.1, 0.15) is 33.3 Å². The molecule has 0 aliphatic heterocycles. The minimum Gasteiger partial charge on any atom is -0.444 e. The summed E-state index contributed by atoms with van der Waals surface area (Å²) in [6, 6.07) is 7.69. The molecule has 0 saturated heterocycles. The van der Waals surface area contributed by atoms with Gasteiger partial charge in [0.2, 0.25) is 5.91 Å². The number of nitrogens with one attached hydrogen (secondary N) is 1. The lowest BCUT2D eigenvalue weighted by molar-refractivity contribution is -0.117. The molecule has 0 bridgehead atoms. The van der Waals surface area contributed by atoms with E-state index in [1.165, 1.54) is 0 Å². The molecule has 0 unspecified atom stereocenters. The summed E-state index contributed by atoms with van der Waals surface area (Å²) < 4.78 is 5.11. The number of carbonyl (C=O) groups is 2. The van der Waals surface area contributed by atoms with E-state index in [1.54, 1.807) is 25.7 Å². The first-order valence-electron chi connectivity index (χ1n) is 7.07. The minimum absolute atomic E-state index is 0.0866. The maximum Gasteiger partial charge on any atom is 0.408 e. The third-order valence-electron chi connectivity index (χ3n) is 2.71. The Kier molecular flexibility index (Phi) is 5.76. The Morgan fingerprint density at radius 2 is 1.95 bits per heavy atom. The van der Waals surface area contributed by atoms with Gasteiger partial charge in [-0.2, -0.15) is 0 Å². The number of nitrogens with zero attached hydrogens (tertiary/aromatic N) is 1. The predicted molar refractivity (Wildman–Crippen MR) is 83.4 cm³/mol. The molecule has 5 heteroatoms. The monoisotopic (exact) mass is 292 g/mol. The Hall–Kier alpha value is -2.04. The van der Waals surface area contributed by atoms with E-state index < -0.39 is 11.7 Å². The molecule has 0 fully saturated rings. The van der Waals surface area contributed by atoms with Gasteiger partial charge in [0.1, 0.15) is 12.1 Å². The first-order valence-corrected chi connectivity index (χ1v) is 7.07. The maximum absolute atomic E-state index is 12.2. The first kappa shape index (κ1) is 17.0. The van der Waals surface area contributed by atoms with Crippen molar-refractivity contribution in [3.63, 3.8) is 0 Å². The van der Waals surface area contributed by atoms with Gasteiger partial charge >= 0.3 is 6.09 Å². The quantitative estimate of drug-likeness (QED) is 0.928. The standard InChI is InChI=1S/C16H24N2O3/c1-6-18(13-9-7-8-12(2)10-13)14(19)11-17-15(20)21-16(3,4)5/h7-10H,6,11H2,1-5H3,(H,17,20). The number of alkyl carbamates (subject to hydrolysis) is 1.